The van der Waals surface area contributed by atoms with Crippen molar-refractivity contribution in [2.75, 3.05) is 0 Å². The molecule has 168 valence electrons. The van der Waals surface area contributed by atoms with Gasteiger partial charge in [0.2, 0.25) is 0 Å². The van der Waals surface area contributed by atoms with Gasteiger partial charge in [0.1, 0.15) is 17.3 Å². The molecule has 3 aromatic carbocycles. The van der Waals surface area contributed by atoms with Crippen molar-refractivity contribution in [1.82, 2.24) is 10.4 Å². The topological polar surface area (TPSA) is 63.9 Å². The lowest BCUT2D eigenvalue weighted by Gasteiger charge is -2.38. The van der Waals surface area contributed by atoms with Gasteiger partial charge in [0.05, 0.1) is 17.3 Å². The molecular weight excluding hydrogens is 428 g/mol. The monoisotopic (exact) mass is 450 g/mol. The molecule has 4 aromatic rings. The van der Waals surface area contributed by atoms with Crippen molar-refractivity contribution in [1.29, 1.82) is 0 Å². The van der Waals surface area contributed by atoms with Crippen LogP contribution in [0, 0.1) is 6.92 Å². The molecule has 2 atom stereocenters. The summed E-state index contributed by atoms with van der Waals surface area (Å²) in [5.41, 5.74) is 6.89. The minimum atomic E-state index is -0.389. The van der Waals surface area contributed by atoms with Crippen LogP contribution in [0.3, 0.4) is 0 Å². The third-order valence-corrected chi connectivity index (χ3v) is 5.99. The maximum absolute atomic E-state index is 12.4. The summed E-state index contributed by atoms with van der Waals surface area (Å²) in [6.45, 7) is 1.93. The van der Waals surface area contributed by atoms with E-state index in [0.29, 0.717) is 11.3 Å². The number of rotatable bonds is 4. The van der Waals surface area contributed by atoms with Gasteiger partial charge in [-0.2, -0.15) is 5.01 Å². The van der Waals surface area contributed by atoms with Crippen LogP contribution >= 0.6 is 0 Å². The Labute approximate surface area is 197 Å². The fraction of sp³-hybridized carbons (Fsp3) is 0.107. The maximum Gasteiger partial charge on any atom is 0.343 e. The Balaban J connectivity index is 1.28. The molecule has 0 spiro atoms. The van der Waals surface area contributed by atoms with Crippen LogP contribution in [0.2, 0.25) is 0 Å². The lowest BCUT2D eigenvalue weighted by molar-refractivity contribution is -0.0328. The first-order valence-electron chi connectivity index (χ1n) is 11.1. The molecular formula is C28H22N2O4. The quantitative estimate of drug-likeness (QED) is 0.313. The van der Waals surface area contributed by atoms with Crippen LogP contribution < -0.4 is 14.9 Å². The summed E-state index contributed by atoms with van der Waals surface area (Å²) in [6, 6.07) is 28.3. The molecule has 3 heterocycles. The average molecular weight is 450 g/mol. The van der Waals surface area contributed by atoms with Crippen LogP contribution in [0.4, 0.5) is 0 Å². The minimum absolute atomic E-state index is 0.0223. The fourth-order valence-corrected chi connectivity index (χ4v) is 4.32. The van der Waals surface area contributed by atoms with Gasteiger partial charge in [-0.05, 0) is 55.5 Å². The van der Waals surface area contributed by atoms with E-state index in [4.69, 9.17) is 13.9 Å². The first-order valence-corrected chi connectivity index (χ1v) is 11.1. The highest BCUT2D eigenvalue weighted by molar-refractivity contribution is 5.90. The van der Waals surface area contributed by atoms with Crippen LogP contribution in [0.25, 0.3) is 5.70 Å². The summed E-state index contributed by atoms with van der Waals surface area (Å²) >= 11 is 0. The van der Waals surface area contributed by atoms with Gasteiger partial charge in [0.25, 0.3) is 0 Å². The predicted octanol–water partition coefficient (Wildman–Crippen LogP) is 5.80. The van der Waals surface area contributed by atoms with Gasteiger partial charge in [-0.15, -0.1) is 0 Å². The SMILES string of the molecule is Cc1ccc(C2=CC3c4ccccc4OC(c4ccc(OC(=O)c5ccccc5)cc4)N3N2)o1. The summed E-state index contributed by atoms with van der Waals surface area (Å²) in [5, 5.41) is 2.07. The van der Waals surface area contributed by atoms with Crippen LogP contribution in [-0.2, 0) is 0 Å². The number of carbonyl (C=O) groups excluding carboxylic acids is 1. The van der Waals surface area contributed by atoms with Crippen molar-refractivity contribution in [3.05, 3.63) is 125 Å². The molecule has 0 bridgehead atoms. The number of ether oxygens (including phenoxy) is 2. The van der Waals surface area contributed by atoms with Gasteiger partial charge in [0, 0.05) is 11.1 Å². The van der Waals surface area contributed by atoms with Crippen molar-refractivity contribution in [2.24, 2.45) is 0 Å². The molecule has 0 saturated heterocycles. The lowest BCUT2D eigenvalue weighted by Crippen LogP contribution is -2.43. The first kappa shape index (κ1) is 20.3. The lowest BCUT2D eigenvalue weighted by atomic mass is 10.0. The van der Waals surface area contributed by atoms with Crippen molar-refractivity contribution in [2.45, 2.75) is 19.2 Å². The number of hydrazine groups is 1. The van der Waals surface area contributed by atoms with Crippen molar-refractivity contribution in [3.8, 4) is 11.5 Å². The number of nitrogens with one attached hydrogen (secondary N) is 1. The molecule has 1 N–H and O–H groups in total. The molecule has 0 amide bonds. The molecule has 1 aromatic heterocycles. The molecule has 6 heteroatoms. The number of fused-ring (bicyclic) bond motifs is 3. The Bertz CT molecular complexity index is 1380. The van der Waals surface area contributed by atoms with Gasteiger partial charge < -0.3 is 19.3 Å². The standard InChI is InChI=1S/C28H22N2O4/c1-18-11-16-26(32-18)23-17-24-22-9-5-6-10-25(22)34-27(30(24)29-23)19-12-14-21(15-13-19)33-28(31)20-7-3-2-4-8-20/h2-17,24,27,29H,1H3. The van der Waals surface area contributed by atoms with Crippen LogP contribution in [-0.4, -0.2) is 11.0 Å². The van der Waals surface area contributed by atoms with E-state index >= 15 is 0 Å². The number of nitrogens with zero attached hydrogens (tertiary/aromatic N) is 1. The normalized spacial score (nSPS) is 18.8. The Kier molecular flexibility index (Phi) is 4.93. The molecule has 0 fully saturated rings. The molecule has 0 radical (unpaired) electrons. The average Bonchev–Trinajstić information content (AvgIpc) is 3.51. The predicted molar refractivity (Wildman–Crippen MR) is 127 cm³/mol. The molecule has 6 nitrogen and oxygen atoms in total. The van der Waals surface area contributed by atoms with Crippen LogP contribution in [0.5, 0.6) is 11.5 Å². The number of hydrogen-bond donors (Lipinski definition) is 1. The highest BCUT2D eigenvalue weighted by Gasteiger charge is 2.40. The summed E-state index contributed by atoms with van der Waals surface area (Å²) < 4.78 is 17.8. The van der Waals surface area contributed by atoms with Gasteiger partial charge in [-0.25, -0.2) is 4.79 Å². The number of carbonyl (C=O) groups is 1. The first-order chi connectivity index (χ1) is 16.7. The van der Waals surface area contributed by atoms with Gasteiger partial charge in [0.15, 0.2) is 12.0 Å². The zero-order valence-electron chi connectivity index (χ0n) is 18.5. The van der Waals surface area contributed by atoms with E-state index in [2.05, 4.69) is 22.6 Å². The van der Waals surface area contributed by atoms with E-state index in [-0.39, 0.29) is 18.2 Å². The highest BCUT2D eigenvalue weighted by Crippen LogP contribution is 2.46. The third kappa shape index (κ3) is 3.64. The number of aryl methyl sites for hydroxylation is 1. The maximum atomic E-state index is 12.4. The Morgan fingerprint density at radius 3 is 2.44 bits per heavy atom. The van der Waals surface area contributed by atoms with Crippen molar-refractivity contribution in [3.63, 3.8) is 0 Å². The number of esters is 1. The van der Waals surface area contributed by atoms with Gasteiger partial charge >= 0.3 is 5.97 Å². The largest absolute Gasteiger partial charge is 0.469 e. The molecule has 2 unspecified atom stereocenters. The molecule has 0 aliphatic carbocycles. The van der Waals surface area contributed by atoms with E-state index in [0.717, 1.165) is 34.1 Å². The second-order valence-electron chi connectivity index (χ2n) is 8.29. The number of para-hydroxylation sites is 1. The van der Waals surface area contributed by atoms with E-state index in [9.17, 15) is 4.79 Å². The number of benzene rings is 3. The Morgan fingerprint density at radius 1 is 0.912 bits per heavy atom. The molecule has 34 heavy (non-hydrogen) atoms. The van der Waals surface area contributed by atoms with E-state index < -0.39 is 0 Å². The summed E-state index contributed by atoms with van der Waals surface area (Å²) in [6.07, 6.45) is 1.77. The number of furan rings is 1. The van der Waals surface area contributed by atoms with E-state index in [1.54, 1.807) is 24.3 Å². The smallest absolute Gasteiger partial charge is 0.343 e. The van der Waals surface area contributed by atoms with Gasteiger partial charge in [-0.3, -0.25) is 0 Å². The highest BCUT2D eigenvalue weighted by atomic mass is 16.5. The number of hydrogen-bond acceptors (Lipinski definition) is 6. The fourth-order valence-electron chi connectivity index (χ4n) is 4.32. The minimum Gasteiger partial charge on any atom is -0.469 e. The Morgan fingerprint density at radius 2 is 1.68 bits per heavy atom. The second-order valence-corrected chi connectivity index (χ2v) is 8.29. The third-order valence-electron chi connectivity index (χ3n) is 5.99. The van der Waals surface area contributed by atoms with Crippen LogP contribution in [0.1, 0.15) is 45.3 Å². The van der Waals surface area contributed by atoms with Crippen molar-refractivity contribution >= 4 is 11.7 Å². The second kappa shape index (κ2) is 8.24. The van der Waals surface area contributed by atoms with Crippen molar-refractivity contribution < 1.29 is 18.7 Å². The summed E-state index contributed by atoms with van der Waals surface area (Å²) in [5.74, 6) is 2.57. The molecule has 0 saturated carbocycles. The molecule has 2 aliphatic rings. The molecule has 2 aliphatic heterocycles. The zero-order chi connectivity index (χ0) is 23.1. The summed E-state index contributed by atoms with van der Waals surface area (Å²) in [7, 11) is 0. The van der Waals surface area contributed by atoms with Gasteiger partial charge in [-0.1, -0.05) is 48.5 Å². The van der Waals surface area contributed by atoms with Crippen LogP contribution in [0.15, 0.2) is 101 Å². The van der Waals surface area contributed by atoms with E-state index in [1.165, 1.54) is 0 Å². The van der Waals surface area contributed by atoms with E-state index in [1.807, 2.05) is 67.6 Å². The molecule has 6 rings (SSSR count). The Hall–Kier alpha value is -4.29. The summed E-state index contributed by atoms with van der Waals surface area (Å²) in [4.78, 5) is 12.4. The zero-order valence-corrected chi connectivity index (χ0v) is 18.5.